The van der Waals surface area contributed by atoms with Crippen LogP contribution in [0.3, 0.4) is 0 Å². The number of rotatable bonds is 6. The molecule has 0 aliphatic rings. The van der Waals surface area contributed by atoms with Crippen molar-refractivity contribution < 1.29 is 5.11 Å². The zero-order valence-corrected chi connectivity index (χ0v) is 10.8. The van der Waals surface area contributed by atoms with E-state index in [9.17, 15) is 0 Å². The van der Waals surface area contributed by atoms with Crippen LogP contribution >= 0.6 is 11.8 Å². The molecule has 1 aromatic rings. The van der Waals surface area contributed by atoms with Crippen LogP contribution in [0.5, 0.6) is 0 Å². The highest BCUT2D eigenvalue weighted by Gasteiger charge is 2.06. The van der Waals surface area contributed by atoms with Crippen LogP contribution in [0.2, 0.25) is 0 Å². The van der Waals surface area contributed by atoms with Crippen LogP contribution in [0.4, 0.5) is 0 Å². The predicted octanol–water partition coefficient (Wildman–Crippen LogP) is 2.54. The zero-order chi connectivity index (χ0) is 12.0. The van der Waals surface area contributed by atoms with Crippen molar-refractivity contribution in [2.24, 2.45) is 5.73 Å². The SMILES string of the molecule is CC(C)c1ccc(C(N)CSCCO)cc1. The summed E-state index contributed by atoms with van der Waals surface area (Å²) in [4.78, 5) is 0. The molecule has 0 amide bonds. The van der Waals surface area contributed by atoms with E-state index in [1.807, 2.05) is 0 Å². The van der Waals surface area contributed by atoms with E-state index in [2.05, 4.69) is 38.1 Å². The molecule has 16 heavy (non-hydrogen) atoms. The van der Waals surface area contributed by atoms with Crippen LogP contribution in [0.1, 0.15) is 36.9 Å². The second kappa shape index (κ2) is 6.94. The van der Waals surface area contributed by atoms with Gasteiger partial charge in [-0.3, -0.25) is 0 Å². The van der Waals surface area contributed by atoms with Gasteiger partial charge in [0.1, 0.15) is 0 Å². The van der Waals surface area contributed by atoms with E-state index in [1.165, 1.54) is 11.1 Å². The average molecular weight is 239 g/mol. The third-order valence-corrected chi connectivity index (χ3v) is 3.63. The lowest BCUT2D eigenvalue weighted by molar-refractivity contribution is 0.322. The van der Waals surface area contributed by atoms with Gasteiger partial charge in [-0.15, -0.1) is 0 Å². The van der Waals surface area contributed by atoms with Crippen LogP contribution in [0.15, 0.2) is 24.3 Å². The Morgan fingerprint density at radius 3 is 2.25 bits per heavy atom. The van der Waals surface area contributed by atoms with Gasteiger partial charge in [0.25, 0.3) is 0 Å². The Bertz CT molecular complexity index is 297. The Morgan fingerprint density at radius 2 is 1.75 bits per heavy atom. The molecule has 3 heteroatoms. The number of nitrogens with two attached hydrogens (primary N) is 1. The van der Waals surface area contributed by atoms with Crippen molar-refractivity contribution in [3.63, 3.8) is 0 Å². The average Bonchev–Trinajstić information content (AvgIpc) is 2.29. The van der Waals surface area contributed by atoms with Crippen molar-refractivity contribution in [1.29, 1.82) is 0 Å². The standard InChI is InChI=1S/C13H21NOS/c1-10(2)11-3-5-12(6-4-11)13(14)9-16-8-7-15/h3-6,10,13,15H,7-9,14H2,1-2H3. The van der Waals surface area contributed by atoms with Gasteiger partial charge in [0.05, 0.1) is 6.61 Å². The second-order valence-electron chi connectivity index (χ2n) is 4.23. The maximum atomic E-state index is 8.69. The van der Waals surface area contributed by atoms with Crippen molar-refractivity contribution in [2.45, 2.75) is 25.8 Å². The summed E-state index contributed by atoms with van der Waals surface area (Å²) in [6, 6.07) is 8.59. The first-order chi connectivity index (χ1) is 7.65. The van der Waals surface area contributed by atoms with Crippen LogP contribution in [-0.4, -0.2) is 23.2 Å². The third-order valence-electron chi connectivity index (χ3n) is 2.56. The second-order valence-corrected chi connectivity index (χ2v) is 5.38. The fourth-order valence-electron chi connectivity index (χ4n) is 1.50. The molecule has 0 heterocycles. The molecule has 90 valence electrons. The smallest absolute Gasteiger partial charge is 0.0521 e. The highest BCUT2D eigenvalue weighted by molar-refractivity contribution is 7.99. The molecule has 0 aliphatic heterocycles. The summed E-state index contributed by atoms with van der Waals surface area (Å²) in [7, 11) is 0. The van der Waals surface area contributed by atoms with Crippen LogP contribution in [0.25, 0.3) is 0 Å². The molecular weight excluding hydrogens is 218 g/mol. The highest BCUT2D eigenvalue weighted by Crippen LogP contribution is 2.19. The molecule has 0 spiro atoms. The summed E-state index contributed by atoms with van der Waals surface area (Å²) in [6.45, 7) is 4.60. The van der Waals surface area contributed by atoms with Crippen LogP contribution < -0.4 is 5.73 Å². The quantitative estimate of drug-likeness (QED) is 0.750. The Balaban J connectivity index is 2.52. The molecule has 1 unspecified atom stereocenters. The van der Waals surface area contributed by atoms with Crippen molar-refractivity contribution in [3.8, 4) is 0 Å². The molecule has 0 aromatic heterocycles. The molecule has 0 fully saturated rings. The number of aliphatic hydroxyl groups is 1. The molecule has 0 aliphatic carbocycles. The minimum atomic E-state index is 0.0674. The maximum Gasteiger partial charge on any atom is 0.0521 e. The summed E-state index contributed by atoms with van der Waals surface area (Å²) in [5, 5.41) is 8.69. The minimum absolute atomic E-state index is 0.0674. The molecule has 0 saturated heterocycles. The van der Waals surface area contributed by atoms with Gasteiger partial charge in [-0.1, -0.05) is 38.1 Å². The number of thioether (sulfide) groups is 1. The maximum absolute atomic E-state index is 8.69. The largest absolute Gasteiger partial charge is 0.396 e. The number of hydrogen-bond acceptors (Lipinski definition) is 3. The lowest BCUT2D eigenvalue weighted by Crippen LogP contribution is -2.13. The van der Waals surface area contributed by atoms with E-state index in [1.54, 1.807) is 11.8 Å². The molecule has 2 nitrogen and oxygen atoms in total. The topological polar surface area (TPSA) is 46.2 Å². The number of aliphatic hydroxyl groups excluding tert-OH is 1. The number of hydrogen-bond donors (Lipinski definition) is 2. The number of benzene rings is 1. The van der Waals surface area contributed by atoms with Crippen molar-refractivity contribution in [1.82, 2.24) is 0 Å². The van der Waals surface area contributed by atoms with Gasteiger partial charge in [0.2, 0.25) is 0 Å². The van der Waals surface area contributed by atoms with Gasteiger partial charge in [0.15, 0.2) is 0 Å². The van der Waals surface area contributed by atoms with E-state index in [-0.39, 0.29) is 12.6 Å². The van der Waals surface area contributed by atoms with Gasteiger partial charge in [-0.05, 0) is 17.0 Å². The zero-order valence-electron chi connectivity index (χ0n) is 10.0. The molecule has 0 saturated carbocycles. The first-order valence-corrected chi connectivity index (χ1v) is 6.84. The lowest BCUT2D eigenvalue weighted by atomic mass is 10.00. The van der Waals surface area contributed by atoms with Crippen molar-refractivity contribution in [2.75, 3.05) is 18.1 Å². The monoisotopic (exact) mass is 239 g/mol. The normalized spacial score (nSPS) is 13.1. The minimum Gasteiger partial charge on any atom is -0.396 e. The van der Waals surface area contributed by atoms with Crippen molar-refractivity contribution in [3.05, 3.63) is 35.4 Å². The van der Waals surface area contributed by atoms with E-state index >= 15 is 0 Å². The Labute approximate surface area is 102 Å². The Morgan fingerprint density at radius 1 is 1.19 bits per heavy atom. The first kappa shape index (κ1) is 13.6. The fourth-order valence-corrected chi connectivity index (χ4v) is 2.24. The van der Waals surface area contributed by atoms with Gasteiger partial charge >= 0.3 is 0 Å². The molecule has 1 atom stereocenters. The van der Waals surface area contributed by atoms with Crippen molar-refractivity contribution >= 4 is 11.8 Å². The first-order valence-electron chi connectivity index (χ1n) is 5.69. The predicted molar refractivity (Wildman–Crippen MR) is 71.9 cm³/mol. The molecule has 1 aromatic carbocycles. The van der Waals surface area contributed by atoms with Gasteiger partial charge in [0, 0.05) is 17.5 Å². The summed E-state index contributed by atoms with van der Waals surface area (Å²) in [6.07, 6.45) is 0. The van der Waals surface area contributed by atoms with E-state index in [0.717, 1.165) is 11.5 Å². The Hall–Kier alpha value is -0.510. The fraction of sp³-hybridized carbons (Fsp3) is 0.538. The molecule has 0 bridgehead atoms. The molecular formula is C13H21NOS. The van der Waals surface area contributed by atoms with E-state index in [0.29, 0.717) is 5.92 Å². The third kappa shape index (κ3) is 4.16. The van der Waals surface area contributed by atoms with Crippen LogP contribution in [-0.2, 0) is 0 Å². The Kier molecular flexibility index (Phi) is 5.88. The molecule has 1 rings (SSSR count). The lowest BCUT2D eigenvalue weighted by Gasteiger charge is -2.13. The molecule has 0 radical (unpaired) electrons. The van der Waals surface area contributed by atoms with E-state index < -0.39 is 0 Å². The summed E-state index contributed by atoms with van der Waals surface area (Å²) < 4.78 is 0. The summed E-state index contributed by atoms with van der Waals surface area (Å²) >= 11 is 1.69. The van der Waals surface area contributed by atoms with Gasteiger partial charge in [-0.2, -0.15) is 11.8 Å². The molecule has 3 N–H and O–H groups in total. The van der Waals surface area contributed by atoms with Gasteiger partial charge in [-0.25, -0.2) is 0 Å². The van der Waals surface area contributed by atoms with Crippen LogP contribution in [0, 0.1) is 0 Å². The summed E-state index contributed by atoms with van der Waals surface area (Å²) in [5.41, 5.74) is 8.58. The van der Waals surface area contributed by atoms with Gasteiger partial charge < -0.3 is 10.8 Å². The van der Waals surface area contributed by atoms with E-state index in [4.69, 9.17) is 10.8 Å². The highest BCUT2D eigenvalue weighted by atomic mass is 32.2. The summed E-state index contributed by atoms with van der Waals surface area (Å²) in [5.74, 6) is 2.19.